The van der Waals surface area contributed by atoms with Gasteiger partial charge in [-0.1, -0.05) is 30.3 Å². The van der Waals surface area contributed by atoms with E-state index in [-0.39, 0.29) is 0 Å². The Morgan fingerprint density at radius 1 is 0.800 bits per heavy atom. The van der Waals surface area contributed by atoms with Crippen molar-refractivity contribution in [1.29, 1.82) is 0 Å². The summed E-state index contributed by atoms with van der Waals surface area (Å²) < 4.78 is 0. The molecule has 1 heterocycles. The second kappa shape index (κ2) is 7.24. The van der Waals surface area contributed by atoms with Crippen LogP contribution in [0.15, 0.2) is 30.3 Å². The molecule has 1 saturated carbocycles. The van der Waals surface area contributed by atoms with Gasteiger partial charge in [0.05, 0.1) is 0 Å². The molecule has 0 spiro atoms. The minimum Gasteiger partial charge on any atom is -0.317 e. The van der Waals surface area contributed by atoms with Gasteiger partial charge in [-0.15, -0.1) is 0 Å². The van der Waals surface area contributed by atoms with Gasteiger partial charge in [0.1, 0.15) is 0 Å². The summed E-state index contributed by atoms with van der Waals surface area (Å²) in [6.45, 7) is 2.40. The lowest BCUT2D eigenvalue weighted by atomic mass is 9.81. The molecule has 110 valence electrons. The Morgan fingerprint density at radius 2 is 1.55 bits per heavy atom. The van der Waals surface area contributed by atoms with Gasteiger partial charge in [0.15, 0.2) is 0 Å². The van der Waals surface area contributed by atoms with E-state index < -0.39 is 0 Å². The molecule has 1 aliphatic heterocycles. The van der Waals surface area contributed by atoms with Crippen molar-refractivity contribution in [2.45, 2.75) is 62.9 Å². The topological polar surface area (TPSA) is 24.1 Å². The Morgan fingerprint density at radius 3 is 2.35 bits per heavy atom. The molecule has 2 fully saturated rings. The van der Waals surface area contributed by atoms with Gasteiger partial charge >= 0.3 is 0 Å². The van der Waals surface area contributed by atoms with Gasteiger partial charge in [0.25, 0.3) is 0 Å². The Balaban J connectivity index is 1.46. The standard InChI is InChI=1S/C18H28N2/c1-2-5-15(6-3-1)16-8-10-18(11-9-16)20-17-7-4-13-19-14-12-17/h1-3,5-6,16-20H,4,7-14H2. The molecule has 20 heavy (non-hydrogen) atoms. The summed E-state index contributed by atoms with van der Waals surface area (Å²) >= 11 is 0. The summed E-state index contributed by atoms with van der Waals surface area (Å²) in [5, 5.41) is 7.43. The molecule has 0 bridgehead atoms. The average Bonchev–Trinajstić information content (AvgIpc) is 2.78. The van der Waals surface area contributed by atoms with Crippen LogP contribution in [-0.2, 0) is 0 Å². The van der Waals surface area contributed by atoms with Crippen LogP contribution in [-0.4, -0.2) is 25.2 Å². The van der Waals surface area contributed by atoms with Crippen LogP contribution in [0.2, 0.25) is 0 Å². The van der Waals surface area contributed by atoms with Crippen molar-refractivity contribution in [2.24, 2.45) is 0 Å². The predicted octanol–water partition coefficient (Wildman–Crippen LogP) is 3.44. The van der Waals surface area contributed by atoms with Crippen LogP contribution >= 0.6 is 0 Å². The number of rotatable bonds is 3. The van der Waals surface area contributed by atoms with Crippen LogP contribution in [0.1, 0.15) is 56.4 Å². The maximum absolute atomic E-state index is 3.93. The first-order chi connectivity index (χ1) is 9.92. The van der Waals surface area contributed by atoms with Crippen molar-refractivity contribution in [3.05, 3.63) is 35.9 Å². The molecule has 1 aromatic rings. The van der Waals surface area contributed by atoms with E-state index in [1.807, 2.05) is 0 Å². The largest absolute Gasteiger partial charge is 0.317 e. The second-order valence-corrected chi connectivity index (χ2v) is 6.50. The van der Waals surface area contributed by atoms with Gasteiger partial charge in [-0.2, -0.15) is 0 Å². The first-order valence-electron chi connectivity index (χ1n) is 8.43. The Labute approximate surface area is 123 Å². The van der Waals surface area contributed by atoms with Crippen LogP contribution in [0.3, 0.4) is 0 Å². The lowest BCUT2D eigenvalue weighted by molar-refractivity contribution is 0.303. The molecule has 1 saturated heterocycles. The van der Waals surface area contributed by atoms with E-state index in [4.69, 9.17) is 0 Å². The summed E-state index contributed by atoms with van der Waals surface area (Å²) in [6.07, 6.45) is 9.40. The predicted molar refractivity (Wildman–Crippen MR) is 85.1 cm³/mol. The van der Waals surface area contributed by atoms with Crippen LogP contribution in [0.25, 0.3) is 0 Å². The van der Waals surface area contributed by atoms with E-state index in [9.17, 15) is 0 Å². The molecule has 0 amide bonds. The molecule has 2 aliphatic rings. The first-order valence-corrected chi connectivity index (χ1v) is 8.43. The van der Waals surface area contributed by atoms with Gasteiger partial charge < -0.3 is 10.6 Å². The molecule has 0 aromatic heterocycles. The Hall–Kier alpha value is -0.860. The Bertz CT molecular complexity index is 374. The highest BCUT2D eigenvalue weighted by molar-refractivity contribution is 5.20. The SMILES string of the molecule is c1ccc(C2CCC(NC3CCCNCC3)CC2)cc1. The third-order valence-electron chi connectivity index (χ3n) is 5.05. The normalized spacial score (nSPS) is 31.7. The highest BCUT2D eigenvalue weighted by Crippen LogP contribution is 2.33. The van der Waals surface area contributed by atoms with Gasteiger partial charge in [0, 0.05) is 12.1 Å². The molecular formula is C18H28N2. The fourth-order valence-corrected chi connectivity index (χ4v) is 3.84. The molecule has 3 rings (SSSR count). The summed E-state index contributed by atoms with van der Waals surface area (Å²) in [7, 11) is 0. The van der Waals surface area contributed by atoms with Crippen molar-refractivity contribution in [1.82, 2.24) is 10.6 Å². The number of benzene rings is 1. The first kappa shape index (κ1) is 14.1. The molecular weight excluding hydrogens is 244 g/mol. The third kappa shape index (κ3) is 3.83. The zero-order valence-corrected chi connectivity index (χ0v) is 12.5. The fraction of sp³-hybridized carbons (Fsp3) is 0.667. The zero-order valence-electron chi connectivity index (χ0n) is 12.5. The summed E-state index contributed by atoms with van der Waals surface area (Å²) in [5.41, 5.74) is 1.55. The van der Waals surface area contributed by atoms with Crippen molar-refractivity contribution >= 4 is 0 Å². The third-order valence-corrected chi connectivity index (χ3v) is 5.05. The Kier molecular flexibility index (Phi) is 5.10. The van der Waals surface area contributed by atoms with Gasteiger partial charge in [-0.3, -0.25) is 0 Å². The fourth-order valence-electron chi connectivity index (χ4n) is 3.84. The monoisotopic (exact) mass is 272 g/mol. The maximum Gasteiger partial charge on any atom is 0.00822 e. The van der Waals surface area contributed by atoms with E-state index in [0.717, 1.165) is 18.0 Å². The van der Waals surface area contributed by atoms with Gasteiger partial charge in [-0.25, -0.2) is 0 Å². The highest BCUT2D eigenvalue weighted by atomic mass is 15.0. The van der Waals surface area contributed by atoms with Gasteiger partial charge in [-0.05, 0) is 69.5 Å². The molecule has 0 radical (unpaired) electrons. The van der Waals surface area contributed by atoms with Crippen LogP contribution in [0, 0.1) is 0 Å². The van der Waals surface area contributed by atoms with Gasteiger partial charge in [0.2, 0.25) is 0 Å². The minimum atomic E-state index is 0.753. The molecule has 1 unspecified atom stereocenters. The lowest BCUT2D eigenvalue weighted by Gasteiger charge is -2.32. The second-order valence-electron chi connectivity index (χ2n) is 6.50. The smallest absolute Gasteiger partial charge is 0.00822 e. The maximum atomic E-state index is 3.93. The van der Waals surface area contributed by atoms with Crippen molar-refractivity contribution < 1.29 is 0 Å². The molecule has 2 heteroatoms. The van der Waals surface area contributed by atoms with E-state index in [1.165, 1.54) is 58.0 Å². The van der Waals surface area contributed by atoms with Crippen LogP contribution in [0.4, 0.5) is 0 Å². The lowest BCUT2D eigenvalue weighted by Crippen LogP contribution is -2.40. The summed E-state index contributed by atoms with van der Waals surface area (Å²) in [4.78, 5) is 0. The van der Waals surface area contributed by atoms with E-state index in [1.54, 1.807) is 5.56 Å². The quantitative estimate of drug-likeness (QED) is 0.880. The average molecular weight is 272 g/mol. The number of nitrogens with one attached hydrogen (secondary N) is 2. The molecule has 1 aromatic carbocycles. The summed E-state index contributed by atoms with van der Waals surface area (Å²) in [6, 6.07) is 12.6. The van der Waals surface area contributed by atoms with E-state index >= 15 is 0 Å². The van der Waals surface area contributed by atoms with Crippen molar-refractivity contribution in [3.63, 3.8) is 0 Å². The van der Waals surface area contributed by atoms with Crippen molar-refractivity contribution in [3.8, 4) is 0 Å². The molecule has 1 atom stereocenters. The molecule has 2 nitrogen and oxygen atoms in total. The van der Waals surface area contributed by atoms with E-state index in [0.29, 0.717) is 0 Å². The van der Waals surface area contributed by atoms with Crippen molar-refractivity contribution in [2.75, 3.05) is 13.1 Å². The number of hydrogen-bond donors (Lipinski definition) is 2. The minimum absolute atomic E-state index is 0.753. The van der Waals surface area contributed by atoms with Crippen LogP contribution in [0.5, 0.6) is 0 Å². The highest BCUT2D eigenvalue weighted by Gasteiger charge is 2.24. The number of hydrogen-bond acceptors (Lipinski definition) is 2. The molecule has 2 N–H and O–H groups in total. The zero-order chi connectivity index (χ0) is 13.6. The summed E-state index contributed by atoms with van der Waals surface area (Å²) in [5.74, 6) is 0.796. The van der Waals surface area contributed by atoms with Crippen LogP contribution < -0.4 is 10.6 Å². The van der Waals surface area contributed by atoms with E-state index in [2.05, 4.69) is 41.0 Å². The molecule has 1 aliphatic carbocycles.